The number of hydrogen-bond donors (Lipinski definition) is 2. The van der Waals surface area contributed by atoms with E-state index in [1.165, 1.54) is 36.5 Å². The summed E-state index contributed by atoms with van der Waals surface area (Å²) >= 11 is 3.88. The maximum absolute atomic E-state index is 6.03. The van der Waals surface area contributed by atoms with Crippen molar-refractivity contribution in [2.24, 2.45) is 5.73 Å². The molecule has 1 aliphatic rings. The molecule has 4 heterocycles. The first-order chi connectivity index (χ1) is 11.6. The number of rotatable bonds is 6. The van der Waals surface area contributed by atoms with E-state index in [-0.39, 0.29) is 6.04 Å². The molecule has 0 aromatic carbocycles. The van der Waals surface area contributed by atoms with E-state index in [4.69, 9.17) is 10.7 Å². The molecule has 1 fully saturated rings. The van der Waals surface area contributed by atoms with E-state index >= 15 is 0 Å². The minimum absolute atomic E-state index is 0.178. The van der Waals surface area contributed by atoms with Gasteiger partial charge in [-0.3, -0.25) is 0 Å². The number of pyridine rings is 1. The first-order valence-electron chi connectivity index (χ1n) is 8.00. The Kier molecular flexibility index (Phi) is 4.77. The second kappa shape index (κ2) is 6.86. The van der Waals surface area contributed by atoms with Crippen LogP contribution in [0.4, 0.5) is 5.69 Å². The van der Waals surface area contributed by atoms with Gasteiger partial charge < -0.3 is 0 Å². The number of alkyl halides is 2. The average molecular weight is 471 g/mol. The third kappa shape index (κ3) is 3.44. The summed E-state index contributed by atoms with van der Waals surface area (Å²) in [6, 6.07) is 2.45. The fraction of sp³-hybridized carbons (Fsp3) is 0.412. The van der Waals surface area contributed by atoms with E-state index in [0.717, 1.165) is 21.9 Å². The van der Waals surface area contributed by atoms with Crippen LogP contribution < -0.4 is 32.3 Å². The van der Waals surface area contributed by atoms with Crippen LogP contribution in [0.1, 0.15) is 32.0 Å². The van der Waals surface area contributed by atoms with Crippen LogP contribution in [0, 0.1) is 6.92 Å². The molecule has 0 saturated carbocycles. The first-order valence-corrected chi connectivity index (χ1v) is 12.5. The average Bonchev–Trinajstić information content (AvgIpc) is 3.19. The van der Waals surface area contributed by atoms with Crippen molar-refractivity contribution in [3.63, 3.8) is 0 Å². The Morgan fingerprint density at radius 3 is 3.00 bits per heavy atom. The van der Waals surface area contributed by atoms with E-state index in [2.05, 4.69) is 30.2 Å². The minimum atomic E-state index is 0.178. The fourth-order valence-electron chi connectivity index (χ4n) is 2.74. The number of nitrogens with two attached hydrogens (primary N) is 1. The summed E-state index contributed by atoms with van der Waals surface area (Å²) < 4.78 is 3.39. The van der Waals surface area contributed by atoms with Gasteiger partial charge in [0.05, 0.1) is 0 Å². The molecule has 3 aromatic heterocycles. The number of nitrogens with zero attached hydrogens (tertiary/aromatic N) is 2. The van der Waals surface area contributed by atoms with Crippen LogP contribution in [0.15, 0.2) is 17.6 Å². The second-order valence-corrected chi connectivity index (χ2v) is 11.5. The zero-order chi connectivity index (χ0) is 16.7. The quantitative estimate of drug-likeness (QED) is 0.411. The molecular weight excluding hydrogens is 451 g/mol. The Morgan fingerprint density at radius 1 is 1.50 bits per heavy atom. The molecule has 1 unspecified atom stereocenters. The number of anilines is 1. The molecule has 4 nitrogen and oxygen atoms in total. The van der Waals surface area contributed by atoms with Crippen molar-refractivity contribution >= 4 is 38.6 Å². The standard InChI is InChI=1S/C17H20IN4S2/c1-9(19)5-14-10(2)16-17(24-14)13(6-12(22-16)11-7-18-11)21-8-15-20-3-4-23-15/h3-4,6,9,11H,5,7-8,19H2,1-2H3,(H,21,22)/q-1/t9-,11?/m0/s1. The molecule has 128 valence electrons. The van der Waals surface area contributed by atoms with Crippen molar-refractivity contribution in [3.05, 3.63) is 38.8 Å². The van der Waals surface area contributed by atoms with E-state index in [0.29, 0.717) is 21.2 Å². The molecule has 2 atom stereocenters. The number of aromatic nitrogens is 2. The van der Waals surface area contributed by atoms with Gasteiger partial charge in [0.2, 0.25) is 0 Å². The number of hydrogen-bond acceptors (Lipinski definition) is 6. The number of fused-ring (bicyclic) bond motifs is 1. The number of halogens is 1. The zero-order valence-corrected chi connectivity index (χ0v) is 17.5. The fourth-order valence-corrected chi connectivity index (χ4v) is 6.15. The molecule has 0 aliphatic carbocycles. The summed E-state index contributed by atoms with van der Waals surface area (Å²) in [6.45, 7) is 5.04. The number of thiophene rings is 1. The molecule has 0 bridgehead atoms. The van der Waals surface area contributed by atoms with Crippen molar-refractivity contribution in [2.45, 2.75) is 36.8 Å². The van der Waals surface area contributed by atoms with Gasteiger partial charge in [-0.15, -0.1) is 0 Å². The summed E-state index contributed by atoms with van der Waals surface area (Å²) in [5.41, 5.74) is 11.0. The molecule has 0 amide bonds. The number of aryl methyl sites for hydroxylation is 1. The van der Waals surface area contributed by atoms with Crippen molar-refractivity contribution in [3.8, 4) is 0 Å². The summed E-state index contributed by atoms with van der Waals surface area (Å²) in [6.07, 6.45) is 2.78. The monoisotopic (exact) mass is 471 g/mol. The van der Waals surface area contributed by atoms with Crippen molar-refractivity contribution in [1.82, 2.24) is 9.97 Å². The van der Waals surface area contributed by atoms with Crippen LogP contribution in [-0.4, -0.2) is 20.4 Å². The Balaban J connectivity index is 1.74. The molecule has 7 heteroatoms. The van der Waals surface area contributed by atoms with Crippen LogP contribution in [0.5, 0.6) is 0 Å². The van der Waals surface area contributed by atoms with Gasteiger partial charge in [0.15, 0.2) is 0 Å². The van der Waals surface area contributed by atoms with E-state index in [1.807, 2.05) is 22.9 Å². The second-order valence-electron chi connectivity index (χ2n) is 6.16. The van der Waals surface area contributed by atoms with Gasteiger partial charge >= 0.3 is 161 Å². The zero-order valence-electron chi connectivity index (χ0n) is 13.7. The topological polar surface area (TPSA) is 63.8 Å². The normalized spacial score (nSPS) is 18.4. The van der Waals surface area contributed by atoms with Gasteiger partial charge in [-0.05, 0) is 0 Å². The molecule has 24 heavy (non-hydrogen) atoms. The molecule has 4 rings (SSSR count). The SMILES string of the molecule is Cc1c(C[C@H](C)N)sc2c(NCc3nccs3)cc(C3C[I-]3)nc12. The molecule has 1 aliphatic heterocycles. The number of nitrogens with one attached hydrogen (secondary N) is 1. The van der Waals surface area contributed by atoms with Gasteiger partial charge in [-0.1, -0.05) is 0 Å². The van der Waals surface area contributed by atoms with Gasteiger partial charge in [-0.2, -0.15) is 0 Å². The summed E-state index contributed by atoms with van der Waals surface area (Å²) in [5.74, 6) is 0. The van der Waals surface area contributed by atoms with Gasteiger partial charge in [0.25, 0.3) is 0 Å². The predicted molar refractivity (Wildman–Crippen MR) is 98.8 cm³/mol. The maximum atomic E-state index is 6.03. The van der Waals surface area contributed by atoms with Crippen LogP contribution in [-0.2, 0) is 13.0 Å². The van der Waals surface area contributed by atoms with Crippen molar-refractivity contribution in [1.29, 1.82) is 0 Å². The Bertz CT molecular complexity index is 853. The van der Waals surface area contributed by atoms with Gasteiger partial charge in [0.1, 0.15) is 0 Å². The summed E-state index contributed by atoms with van der Waals surface area (Å²) in [4.78, 5) is 10.8. The van der Waals surface area contributed by atoms with Gasteiger partial charge in [0, 0.05) is 0 Å². The molecule has 1 saturated heterocycles. The Morgan fingerprint density at radius 2 is 2.33 bits per heavy atom. The van der Waals surface area contributed by atoms with Crippen LogP contribution in [0.25, 0.3) is 10.2 Å². The van der Waals surface area contributed by atoms with Crippen LogP contribution >= 0.6 is 22.7 Å². The Hall–Kier alpha value is -0.770. The molecule has 3 N–H and O–H groups in total. The van der Waals surface area contributed by atoms with E-state index in [9.17, 15) is 0 Å². The molecule has 3 aromatic rings. The van der Waals surface area contributed by atoms with E-state index < -0.39 is 0 Å². The molecule has 0 spiro atoms. The predicted octanol–water partition coefficient (Wildman–Crippen LogP) is 0.707. The van der Waals surface area contributed by atoms with Crippen molar-refractivity contribution in [2.75, 3.05) is 9.74 Å². The molecular formula is C17H20IN4S2-. The third-order valence-corrected chi connectivity index (χ3v) is 8.56. The Labute approximate surface area is 160 Å². The van der Waals surface area contributed by atoms with E-state index in [1.54, 1.807) is 11.3 Å². The summed E-state index contributed by atoms with van der Waals surface area (Å²) in [7, 11) is 0. The van der Waals surface area contributed by atoms with Gasteiger partial charge in [-0.25, -0.2) is 0 Å². The first kappa shape index (κ1) is 16.7. The molecule has 0 radical (unpaired) electrons. The summed E-state index contributed by atoms with van der Waals surface area (Å²) in [5, 5.41) is 6.74. The van der Waals surface area contributed by atoms with Crippen LogP contribution in [0.3, 0.4) is 0 Å². The number of thiazole rings is 1. The van der Waals surface area contributed by atoms with Crippen molar-refractivity contribution < 1.29 is 21.2 Å². The third-order valence-electron chi connectivity index (χ3n) is 4.04. The van der Waals surface area contributed by atoms with Crippen LogP contribution in [0.2, 0.25) is 0 Å².